The molecule has 20 heavy (non-hydrogen) atoms. The van der Waals surface area contributed by atoms with E-state index < -0.39 is 16.8 Å². The zero-order valence-corrected chi connectivity index (χ0v) is 12.0. The van der Waals surface area contributed by atoms with Crippen molar-refractivity contribution in [1.29, 1.82) is 0 Å². The average molecular weight is 294 g/mol. The molecular formula is C15H18O4S. The Hall–Kier alpha value is -1.20. The van der Waals surface area contributed by atoms with Gasteiger partial charge in [0, 0.05) is 16.8 Å². The third kappa shape index (κ3) is 2.52. The van der Waals surface area contributed by atoms with Crippen LogP contribution in [0, 0.1) is 0 Å². The van der Waals surface area contributed by atoms with Crippen LogP contribution in [0.2, 0.25) is 0 Å². The van der Waals surface area contributed by atoms with Crippen molar-refractivity contribution in [3.63, 3.8) is 0 Å². The van der Waals surface area contributed by atoms with E-state index in [1.165, 1.54) is 18.6 Å². The molecule has 0 amide bonds. The maximum atomic E-state index is 12.6. The largest absolute Gasteiger partial charge is 0.478 e. The van der Waals surface area contributed by atoms with Crippen molar-refractivity contribution in [2.75, 3.05) is 6.61 Å². The number of aromatic carboxylic acids is 1. The molecule has 1 saturated heterocycles. The normalized spacial score (nSPS) is 25.9. The van der Waals surface area contributed by atoms with Crippen molar-refractivity contribution < 1.29 is 18.8 Å². The molecule has 1 N–H and O–H groups in total. The number of benzene rings is 1. The van der Waals surface area contributed by atoms with Gasteiger partial charge < -0.3 is 9.84 Å². The van der Waals surface area contributed by atoms with Crippen LogP contribution in [0.25, 0.3) is 0 Å². The zero-order chi connectivity index (χ0) is 14.2. The molecule has 5 heteroatoms. The maximum Gasteiger partial charge on any atom is 0.335 e. The highest BCUT2D eigenvalue weighted by Gasteiger charge is 2.44. The standard InChI is InChI=1S/C15H18O4S/c16-14(17)11-2-4-12(5-3-11)20(18)13-6-9-19-15(10-13)7-1-8-15/h2-5,13H,1,6-10H2,(H,16,17). The van der Waals surface area contributed by atoms with Gasteiger partial charge in [-0.15, -0.1) is 0 Å². The second-order valence-corrected chi connectivity index (χ2v) is 7.36. The van der Waals surface area contributed by atoms with E-state index in [9.17, 15) is 9.00 Å². The highest BCUT2D eigenvalue weighted by atomic mass is 32.2. The summed E-state index contributed by atoms with van der Waals surface area (Å²) in [6.45, 7) is 0.684. The van der Waals surface area contributed by atoms with Crippen LogP contribution in [0.3, 0.4) is 0 Å². The number of rotatable bonds is 3. The van der Waals surface area contributed by atoms with Gasteiger partial charge in [-0.2, -0.15) is 0 Å². The molecule has 1 aromatic carbocycles. The Morgan fingerprint density at radius 2 is 2.00 bits per heavy atom. The Balaban J connectivity index is 1.73. The second-order valence-electron chi connectivity index (χ2n) is 5.63. The van der Waals surface area contributed by atoms with Crippen LogP contribution in [0.4, 0.5) is 0 Å². The third-order valence-corrected chi connectivity index (χ3v) is 6.09. The summed E-state index contributed by atoms with van der Waals surface area (Å²) in [5.41, 5.74) is 0.216. The second kappa shape index (κ2) is 5.30. The number of hydrogen-bond donors (Lipinski definition) is 1. The molecule has 2 unspecified atom stereocenters. The predicted octanol–water partition coefficient (Wildman–Crippen LogP) is 2.59. The Labute approximate surface area is 120 Å². The first-order valence-corrected chi connectivity index (χ1v) is 8.19. The first-order valence-electron chi connectivity index (χ1n) is 6.98. The van der Waals surface area contributed by atoms with Crippen molar-refractivity contribution in [2.45, 2.75) is 47.9 Å². The summed E-state index contributed by atoms with van der Waals surface area (Å²) in [7, 11) is -1.08. The van der Waals surface area contributed by atoms with E-state index in [2.05, 4.69) is 0 Å². The van der Waals surface area contributed by atoms with Crippen molar-refractivity contribution in [2.24, 2.45) is 0 Å². The van der Waals surface area contributed by atoms with Gasteiger partial charge in [0.2, 0.25) is 0 Å². The Bertz CT molecular complexity index is 533. The van der Waals surface area contributed by atoms with Crippen LogP contribution in [0.1, 0.15) is 42.5 Å². The van der Waals surface area contributed by atoms with Crippen molar-refractivity contribution in [3.05, 3.63) is 29.8 Å². The third-order valence-electron chi connectivity index (χ3n) is 4.35. The molecule has 0 aromatic heterocycles. The lowest BCUT2D eigenvalue weighted by Crippen LogP contribution is -2.48. The summed E-state index contributed by atoms with van der Waals surface area (Å²) in [5.74, 6) is -0.957. The van der Waals surface area contributed by atoms with E-state index in [0.29, 0.717) is 6.61 Å². The van der Waals surface area contributed by atoms with E-state index in [4.69, 9.17) is 9.84 Å². The topological polar surface area (TPSA) is 63.6 Å². The van der Waals surface area contributed by atoms with Crippen molar-refractivity contribution >= 4 is 16.8 Å². The fourth-order valence-electron chi connectivity index (χ4n) is 3.01. The van der Waals surface area contributed by atoms with Gasteiger partial charge in [0.1, 0.15) is 0 Å². The maximum absolute atomic E-state index is 12.6. The van der Waals surface area contributed by atoms with Gasteiger partial charge in [-0.25, -0.2) is 4.79 Å². The Morgan fingerprint density at radius 3 is 2.55 bits per heavy atom. The SMILES string of the molecule is O=C(O)c1ccc(S(=O)C2CCOC3(CCC3)C2)cc1. The summed E-state index contributed by atoms with van der Waals surface area (Å²) >= 11 is 0. The number of ether oxygens (including phenoxy) is 1. The van der Waals surface area contributed by atoms with Gasteiger partial charge in [0.25, 0.3) is 0 Å². The minimum Gasteiger partial charge on any atom is -0.478 e. The van der Waals surface area contributed by atoms with E-state index >= 15 is 0 Å². The lowest BCUT2D eigenvalue weighted by molar-refractivity contribution is -0.125. The molecule has 1 aromatic rings. The summed E-state index contributed by atoms with van der Waals surface area (Å²) in [6.07, 6.45) is 5.04. The van der Waals surface area contributed by atoms with E-state index in [1.54, 1.807) is 12.1 Å². The van der Waals surface area contributed by atoms with Crippen LogP contribution >= 0.6 is 0 Å². The molecule has 1 spiro atoms. The molecule has 1 saturated carbocycles. The van der Waals surface area contributed by atoms with Crippen molar-refractivity contribution in [1.82, 2.24) is 0 Å². The summed E-state index contributed by atoms with van der Waals surface area (Å²) in [4.78, 5) is 11.5. The lowest BCUT2D eigenvalue weighted by atomic mass is 9.75. The molecule has 3 rings (SSSR count). The van der Waals surface area contributed by atoms with Gasteiger partial charge in [-0.1, -0.05) is 0 Å². The molecule has 0 radical (unpaired) electrons. The number of hydrogen-bond acceptors (Lipinski definition) is 3. The molecule has 2 fully saturated rings. The molecule has 1 aliphatic heterocycles. The highest BCUT2D eigenvalue weighted by Crippen LogP contribution is 2.43. The first-order chi connectivity index (χ1) is 9.60. The predicted molar refractivity (Wildman–Crippen MR) is 75.4 cm³/mol. The van der Waals surface area contributed by atoms with Gasteiger partial charge >= 0.3 is 5.97 Å². The quantitative estimate of drug-likeness (QED) is 0.930. The van der Waals surface area contributed by atoms with Gasteiger partial charge in [-0.05, 0) is 56.4 Å². The molecule has 1 heterocycles. The lowest BCUT2D eigenvalue weighted by Gasteiger charge is -2.46. The fourth-order valence-corrected chi connectivity index (χ4v) is 4.56. The fraction of sp³-hybridized carbons (Fsp3) is 0.533. The molecule has 0 bridgehead atoms. The minimum atomic E-state index is -1.08. The summed E-state index contributed by atoms with van der Waals surface area (Å²) in [6, 6.07) is 6.38. The smallest absolute Gasteiger partial charge is 0.335 e. The van der Waals surface area contributed by atoms with Crippen LogP contribution < -0.4 is 0 Å². The minimum absolute atomic E-state index is 0.0143. The summed E-state index contributed by atoms with van der Waals surface area (Å²) in [5, 5.41) is 9.00. The number of carbonyl (C=O) groups is 1. The van der Waals surface area contributed by atoms with Crippen LogP contribution in [-0.4, -0.2) is 32.7 Å². The van der Waals surface area contributed by atoms with E-state index in [1.807, 2.05) is 0 Å². The monoisotopic (exact) mass is 294 g/mol. The van der Waals surface area contributed by atoms with Crippen LogP contribution in [0.5, 0.6) is 0 Å². The average Bonchev–Trinajstić information content (AvgIpc) is 2.45. The highest BCUT2D eigenvalue weighted by molar-refractivity contribution is 7.85. The molecule has 4 nitrogen and oxygen atoms in total. The van der Waals surface area contributed by atoms with Gasteiger partial charge in [0.05, 0.1) is 22.0 Å². The summed E-state index contributed by atoms with van der Waals surface area (Å²) < 4.78 is 18.5. The number of carboxylic acids is 1. The number of carboxylic acid groups (broad SMARTS) is 1. The molecular weight excluding hydrogens is 276 g/mol. The van der Waals surface area contributed by atoms with Gasteiger partial charge in [-0.3, -0.25) is 4.21 Å². The zero-order valence-electron chi connectivity index (χ0n) is 11.2. The van der Waals surface area contributed by atoms with Crippen molar-refractivity contribution in [3.8, 4) is 0 Å². The van der Waals surface area contributed by atoms with E-state index in [-0.39, 0.29) is 16.4 Å². The van der Waals surface area contributed by atoms with Crippen LogP contribution in [0.15, 0.2) is 29.2 Å². The molecule has 1 aliphatic carbocycles. The Kier molecular flexibility index (Phi) is 3.65. The first kappa shape index (κ1) is 13.8. The van der Waals surface area contributed by atoms with Gasteiger partial charge in [0.15, 0.2) is 0 Å². The molecule has 108 valence electrons. The molecule has 2 atom stereocenters. The molecule has 2 aliphatic rings. The van der Waals surface area contributed by atoms with Crippen LogP contribution in [-0.2, 0) is 15.5 Å². The van der Waals surface area contributed by atoms with E-state index in [0.717, 1.165) is 30.6 Å². The Morgan fingerprint density at radius 1 is 1.30 bits per heavy atom.